The molecule has 8 heteroatoms. The number of carbonyl (C=O) groups is 2. The highest BCUT2D eigenvalue weighted by atomic mass is 16.2. The van der Waals surface area contributed by atoms with Crippen LogP contribution in [0.2, 0.25) is 0 Å². The fourth-order valence-electron chi connectivity index (χ4n) is 4.51. The van der Waals surface area contributed by atoms with Crippen molar-refractivity contribution in [3.63, 3.8) is 0 Å². The van der Waals surface area contributed by atoms with Gasteiger partial charge in [0.2, 0.25) is 0 Å². The summed E-state index contributed by atoms with van der Waals surface area (Å²) in [6, 6.07) is 17.1. The number of imidazole rings is 1. The summed E-state index contributed by atoms with van der Waals surface area (Å²) in [5.74, 6) is 0.0856. The van der Waals surface area contributed by atoms with Gasteiger partial charge in [-0.25, -0.2) is 4.98 Å². The summed E-state index contributed by atoms with van der Waals surface area (Å²) in [5, 5.41) is 7.32. The lowest BCUT2D eigenvalue weighted by molar-refractivity contribution is 0.0704. The molecule has 3 aromatic heterocycles. The molecular weight excluding hydrogens is 416 g/mol. The molecule has 2 amide bonds. The number of fused-ring (bicyclic) bond motifs is 1. The Bertz CT molecular complexity index is 1300. The Morgan fingerprint density at radius 2 is 1.79 bits per heavy atom. The first kappa shape index (κ1) is 20.9. The van der Waals surface area contributed by atoms with E-state index in [1.807, 2.05) is 77.0 Å². The molecule has 4 heterocycles. The number of aromatic nitrogens is 4. The van der Waals surface area contributed by atoms with Gasteiger partial charge >= 0.3 is 0 Å². The highest BCUT2D eigenvalue weighted by Crippen LogP contribution is 2.29. The number of rotatable bonds is 4. The molecule has 0 bridgehead atoms. The van der Waals surface area contributed by atoms with Crippen molar-refractivity contribution in [1.29, 1.82) is 0 Å². The number of pyridine rings is 1. The highest BCUT2D eigenvalue weighted by Gasteiger charge is 2.29. The van der Waals surface area contributed by atoms with Crippen molar-refractivity contribution < 1.29 is 9.59 Å². The molecule has 5 rings (SSSR count). The molecule has 0 aliphatic carbocycles. The van der Waals surface area contributed by atoms with E-state index in [0.717, 1.165) is 35.6 Å². The second-order valence-corrected chi connectivity index (χ2v) is 8.45. The molecule has 1 fully saturated rings. The Hall–Kier alpha value is -3.94. The van der Waals surface area contributed by atoms with Gasteiger partial charge < -0.3 is 9.80 Å². The maximum atomic E-state index is 13.2. The summed E-state index contributed by atoms with van der Waals surface area (Å²) in [4.78, 5) is 34.1. The number of aromatic amines is 1. The second-order valence-electron chi connectivity index (χ2n) is 8.45. The van der Waals surface area contributed by atoms with E-state index in [9.17, 15) is 9.59 Å². The Morgan fingerprint density at radius 1 is 1.06 bits per heavy atom. The smallest absolute Gasteiger partial charge is 0.278 e. The Kier molecular flexibility index (Phi) is 5.42. The Balaban J connectivity index is 1.25. The minimum atomic E-state index is -0.153. The first-order valence-electron chi connectivity index (χ1n) is 11.1. The van der Waals surface area contributed by atoms with Crippen molar-refractivity contribution in [2.45, 2.75) is 25.7 Å². The minimum absolute atomic E-state index is 0.00890. The number of aryl methyl sites for hydroxylation is 1. The largest absolute Gasteiger partial charge is 0.337 e. The number of nitrogens with one attached hydrogen (secondary N) is 1. The number of para-hydroxylation sites is 1. The first-order chi connectivity index (χ1) is 16.0. The molecule has 1 aliphatic rings. The van der Waals surface area contributed by atoms with Crippen LogP contribution in [0.4, 0.5) is 5.69 Å². The third-order valence-corrected chi connectivity index (χ3v) is 6.39. The molecular formula is C25H26N6O2. The maximum Gasteiger partial charge on any atom is 0.278 e. The van der Waals surface area contributed by atoms with Crippen LogP contribution in [0, 0.1) is 6.92 Å². The van der Waals surface area contributed by atoms with Gasteiger partial charge in [0.1, 0.15) is 11.3 Å². The van der Waals surface area contributed by atoms with Gasteiger partial charge in [-0.1, -0.05) is 24.3 Å². The first-order valence-corrected chi connectivity index (χ1v) is 11.1. The number of amides is 2. The van der Waals surface area contributed by atoms with E-state index >= 15 is 0 Å². The fourth-order valence-corrected chi connectivity index (χ4v) is 4.51. The number of H-pyrrole nitrogens is 1. The molecule has 1 aromatic carbocycles. The lowest BCUT2D eigenvalue weighted by Crippen LogP contribution is -2.38. The molecule has 1 N–H and O–H groups in total. The molecule has 0 radical (unpaired) electrons. The second kappa shape index (κ2) is 8.54. The van der Waals surface area contributed by atoms with Gasteiger partial charge in [0.25, 0.3) is 11.8 Å². The van der Waals surface area contributed by atoms with Crippen LogP contribution >= 0.6 is 0 Å². The molecule has 1 saturated heterocycles. The summed E-state index contributed by atoms with van der Waals surface area (Å²) in [6.07, 6.45) is 3.50. The summed E-state index contributed by atoms with van der Waals surface area (Å²) in [7, 11) is 1.75. The molecule has 33 heavy (non-hydrogen) atoms. The number of benzene rings is 1. The van der Waals surface area contributed by atoms with Crippen molar-refractivity contribution in [1.82, 2.24) is 24.5 Å². The van der Waals surface area contributed by atoms with E-state index in [1.165, 1.54) is 0 Å². The summed E-state index contributed by atoms with van der Waals surface area (Å²) in [5.41, 5.74) is 4.31. The van der Waals surface area contributed by atoms with Gasteiger partial charge in [-0.2, -0.15) is 5.10 Å². The van der Waals surface area contributed by atoms with Crippen molar-refractivity contribution in [2.75, 3.05) is 25.0 Å². The average Bonchev–Trinajstić information content (AvgIpc) is 3.47. The van der Waals surface area contributed by atoms with Crippen LogP contribution < -0.4 is 4.90 Å². The van der Waals surface area contributed by atoms with Crippen LogP contribution in [0.25, 0.3) is 5.65 Å². The van der Waals surface area contributed by atoms with E-state index in [0.29, 0.717) is 24.5 Å². The number of likely N-dealkylation sites (tertiary alicyclic amines) is 1. The number of hydrogen-bond donors (Lipinski definition) is 1. The van der Waals surface area contributed by atoms with Crippen LogP contribution in [0.3, 0.4) is 0 Å². The zero-order chi connectivity index (χ0) is 22.9. The molecule has 4 aromatic rings. The van der Waals surface area contributed by atoms with E-state index in [-0.39, 0.29) is 17.7 Å². The SMILES string of the molecule is Cc1nc2ccccn2c1C(=O)N1CCC(c2cc(C(=O)N(C)c3ccccc3)n[nH]2)CC1. The number of hydrogen-bond acceptors (Lipinski definition) is 4. The Morgan fingerprint density at radius 3 is 2.55 bits per heavy atom. The van der Waals surface area contributed by atoms with E-state index in [2.05, 4.69) is 15.2 Å². The van der Waals surface area contributed by atoms with Gasteiger partial charge in [0, 0.05) is 43.6 Å². The molecule has 0 atom stereocenters. The van der Waals surface area contributed by atoms with E-state index in [4.69, 9.17) is 0 Å². The topological polar surface area (TPSA) is 86.6 Å². The summed E-state index contributed by atoms with van der Waals surface area (Å²) >= 11 is 0. The minimum Gasteiger partial charge on any atom is -0.337 e. The highest BCUT2D eigenvalue weighted by molar-refractivity contribution is 6.04. The van der Waals surface area contributed by atoms with Crippen LogP contribution in [0.1, 0.15) is 51.1 Å². The van der Waals surface area contributed by atoms with Gasteiger partial charge in [0.05, 0.1) is 5.69 Å². The van der Waals surface area contributed by atoms with E-state index in [1.54, 1.807) is 11.9 Å². The number of carbonyl (C=O) groups excluding carboxylic acids is 2. The van der Waals surface area contributed by atoms with Crippen LogP contribution in [0.5, 0.6) is 0 Å². The summed E-state index contributed by atoms with van der Waals surface area (Å²) < 4.78 is 1.86. The number of anilines is 1. The predicted molar refractivity (Wildman–Crippen MR) is 126 cm³/mol. The van der Waals surface area contributed by atoms with Crippen LogP contribution in [-0.4, -0.2) is 56.4 Å². The van der Waals surface area contributed by atoms with Crippen molar-refractivity contribution in [3.05, 3.63) is 83.6 Å². The van der Waals surface area contributed by atoms with E-state index < -0.39 is 0 Å². The van der Waals surface area contributed by atoms with Crippen LogP contribution in [-0.2, 0) is 0 Å². The standard InChI is InChI=1S/C25H26N6O2/c1-17-23(31-13-7-6-10-22(31)26-17)25(33)30-14-11-18(12-15-30)20-16-21(28-27-20)24(32)29(2)19-8-4-3-5-9-19/h3-10,13,16,18H,11-12,14-15H2,1-2H3,(H,27,28). The zero-order valence-electron chi connectivity index (χ0n) is 18.7. The van der Waals surface area contributed by atoms with Gasteiger partial charge in [-0.15, -0.1) is 0 Å². The van der Waals surface area contributed by atoms with Crippen LogP contribution in [0.15, 0.2) is 60.8 Å². The van der Waals surface area contributed by atoms with Gasteiger partial charge in [0.15, 0.2) is 5.69 Å². The average molecular weight is 443 g/mol. The van der Waals surface area contributed by atoms with Crippen molar-refractivity contribution >= 4 is 23.1 Å². The molecule has 0 saturated carbocycles. The number of nitrogens with zero attached hydrogens (tertiary/aromatic N) is 5. The third kappa shape index (κ3) is 3.88. The molecule has 168 valence electrons. The maximum absolute atomic E-state index is 13.2. The predicted octanol–water partition coefficient (Wildman–Crippen LogP) is 3.66. The van der Waals surface area contributed by atoms with Gasteiger partial charge in [-0.3, -0.25) is 19.1 Å². The molecule has 0 spiro atoms. The quantitative estimate of drug-likeness (QED) is 0.523. The van der Waals surface area contributed by atoms with Crippen molar-refractivity contribution in [3.8, 4) is 0 Å². The molecule has 1 aliphatic heterocycles. The normalized spacial score (nSPS) is 14.5. The fraction of sp³-hybridized carbons (Fsp3) is 0.280. The zero-order valence-corrected chi connectivity index (χ0v) is 18.7. The monoisotopic (exact) mass is 442 g/mol. The summed E-state index contributed by atoms with van der Waals surface area (Å²) in [6.45, 7) is 3.17. The molecule has 0 unspecified atom stereocenters. The lowest BCUT2D eigenvalue weighted by atomic mass is 9.93. The lowest BCUT2D eigenvalue weighted by Gasteiger charge is -2.31. The van der Waals surface area contributed by atoms with Gasteiger partial charge in [-0.05, 0) is 50.1 Å². The van der Waals surface area contributed by atoms with Crippen molar-refractivity contribution in [2.24, 2.45) is 0 Å². The Labute approximate surface area is 191 Å². The number of piperidine rings is 1. The molecule has 8 nitrogen and oxygen atoms in total. The third-order valence-electron chi connectivity index (χ3n) is 6.39.